The maximum absolute atomic E-state index is 7.60. The summed E-state index contributed by atoms with van der Waals surface area (Å²) >= 11 is 0. The van der Waals surface area contributed by atoms with E-state index in [0.29, 0.717) is 50.4 Å². The summed E-state index contributed by atoms with van der Waals surface area (Å²) in [6, 6.07) is 13.7. The molecule has 0 aromatic heterocycles. The molecule has 0 aliphatic carbocycles. The molecule has 0 amide bonds. The van der Waals surface area contributed by atoms with Crippen LogP contribution in [0.15, 0.2) is 42.5 Å². The van der Waals surface area contributed by atoms with E-state index >= 15 is 0 Å². The first-order chi connectivity index (χ1) is 32.3. The maximum Gasteiger partial charge on any atom is 0.282 e. The van der Waals surface area contributed by atoms with Crippen molar-refractivity contribution in [3.05, 3.63) is 53.6 Å². The monoisotopic (exact) mass is 1000 g/mol. The smallest absolute Gasteiger partial charge is 0.282 e. The van der Waals surface area contributed by atoms with Gasteiger partial charge in [0.2, 0.25) is 5.79 Å². The summed E-state index contributed by atoms with van der Waals surface area (Å²) in [5.74, 6) is 4.91. The molecule has 0 N–H and O–H groups in total. The number of hydrogen-bond donors (Lipinski definition) is 0. The van der Waals surface area contributed by atoms with Crippen molar-refractivity contribution >= 4 is 16.6 Å². The fraction of sp³-hybridized carbons (Fsp3) is 0.741. The van der Waals surface area contributed by atoms with Crippen LogP contribution >= 0.6 is 0 Å². The topological polar surface area (TPSA) is 120 Å². The van der Waals surface area contributed by atoms with E-state index in [4.69, 9.17) is 61.0 Å². The zero-order chi connectivity index (χ0) is 51.6. The molecule has 2 aliphatic rings. The highest BCUT2D eigenvalue weighted by molar-refractivity contribution is 6.74. The summed E-state index contributed by atoms with van der Waals surface area (Å²) in [6.07, 6.45) is -1.25. The normalized spacial score (nSPS) is 26.2. The van der Waals surface area contributed by atoms with Crippen LogP contribution < -0.4 is 14.2 Å². The molecule has 2 saturated heterocycles. The fourth-order valence-electron chi connectivity index (χ4n) is 8.75. The predicted octanol–water partition coefficient (Wildman–Crippen LogP) is 11.3. The van der Waals surface area contributed by atoms with E-state index in [1.165, 1.54) is 0 Å². The average molecular weight is 1000 g/mol. The Hall–Kier alpha value is -2.57. The van der Waals surface area contributed by atoms with Gasteiger partial charge < -0.3 is 56.2 Å². The van der Waals surface area contributed by atoms with Gasteiger partial charge in [0, 0.05) is 59.4 Å². The molecule has 2 fully saturated rings. The minimum absolute atomic E-state index is 0.0503. The van der Waals surface area contributed by atoms with Gasteiger partial charge in [-0.3, -0.25) is 4.74 Å². The third-order valence-electron chi connectivity index (χ3n) is 15.2. The van der Waals surface area contributed by atoms with E-state index in [9.17, 15) is 0 Å². The number of rotatable bonds is 25. The molecule has 69 heavy (non-hydrogen) atoms. The predicted molar refractivity (Wildman–Crippen MR) is 276 cm³/mol. The molecule has 0 radical (unpaired) electrons. The Labute approximate surface area is 418 Å². The SMILES string of the molecule is CC#CCC[C@H](O[Si](C)(C)C(C)(C)C)[C@H](C[C@H](OCc1ccc(OC)c(OC)c1)[C@@H]1OC(C)(OC)O[C@]12O[C@H](C[C@H](COC)OCc1ccc(OC)cc1)[C@H](C)[C@H](O[Si](C)(C)C(C)(C)C)C2C)OC. The number of hydrogen-bond acceptors (Lipinski definition) is 13. The van der Waals surface area contributed by atoms with Crippen LogP contribution in [-0.2, 0) is 60.0 Å². The minimum Gasteiger partial charge on any atom is -0.497 e. The van der Waals surface area contributed by atoms with Crippen molar-refractivity contribution in [2.75, 3.05) is 49.3 Å². The van der Waals surface area contributed by atoms with Crippen molar-refractivity contribution in [2.24, 2.45) is 11.8 Å². The van der Waals surface area contributed by atoms with Crippen molar-refractivity contribution in [3.63, 3.8) is 0 Å². The second-order valence-electron chi connectivity index (χ2n) is 22.0. The number of methoxy groups -OCH3 is 6. The molecule has 392 valence electrons. The van der Waals surface area contributed by atoms with Crippen LogP contribution in [0.1, 0.15) is 106 Å². The minimum atomic E-state index is -2.41. The summed E-state index contributed by atoms with van der Waals surface area (Å²) in [4.78, 5) is 0. The van der Waals surface area contributed by atoms with E-state index in [-0.39, 0.29) is 46.8 Å². The molecule has 1 spiro atoms. The zero-order valence-corrected chi connectivity index (χ0v) is 48.0. The van der Waals surface area contributed by atoms with Gasteiger partial charge in [0.15, 0.2) is 28.1 Å². The van der Waals surface area contributed by atoms with Gasteiger partial charge in [-0.15, -0.1) is 11.8 Å². The lowest BCUT2D eigenvalue weighted by atomic mass is 9.76. The molecule has 2 unspecified atom stereocenters. The molecule has 0 bridgehead atoms. The highest BCUT2D eigenvalue weighted by atomic mass is 28.4. The first-order valence-electron chi connectivity index (χ1n) is 24.7. The van der Waals surface area contributed by atoms with E-state index in [1.807, 2.05) is 49.4 Å². The first kappa shape index (κ1) is 59.0. The van der Waals surface area contributed by atoms with Crippen molar-refractivity contribution in [1.82, 2.24) is 0 Å². The van der Waals surface area contributed by atoms with Crippen LogP contribution in [0.4, 0.5) is 0 Å². The van der Waals surface area contributed by atoms with E-state index < -0.39 is 52.8 Å². The summed E-state index contributed by atoms with van der Waals surface area (Å²) in [6.45, 7) is 31.6. The van der Waals surface area contributed by atoms with Gasteiger partial charge in [0.1, 0.15) is 11.9 Å². The lowest BCUT2D eigenvalue weighted by Crippen LogP contribution is -2.66. The Morgan fingerprint density at radius 2 is 1.38 bits per heavy atom. The summed E-state index contributed by atoms with van der Waals surface area (Å²) in [5, 5.41) is -0.135. The second-order valence-corrected chi connectivity index (χ2v) is 31.5. The van der Waals surface area contributed by atoms with Crippen LogP contribution in [0.5, 0.6) is 17.2 Å². The summed E-state index contributed by atoms with van der Waals surface area (Å²) in [5.41, 5.74) is 1.89. The highest BCUT2D eigenvalue weighted by Gasteiger charge is 2.68. The molecule has 11 atom stereocenters. The van der Waals surface area contributed by atoms with Crippen LogP contribution in [-0.4, -0.2) is 120 Å². The van der Waals surface area contributed by atoms with Gasteiger partial charge in [-0.2, -0.15) is 0 Å². The van der Waals surface area contributed by atoms with Gasteiger partial charge in [0.05, 0.1) is 77.8 Å². The largest absolute Gasteiger partial charge is 0.497 e. The Morgan fingerprint density at radius 3 is 1.93 bits per heavy atom. The van der Waals surface area contributed by atoms with Gasteiger partial charge in [-0.25, -0.2) is 0 Å². The van der Waals surface area contributed by atoms with Gasteiger partial charge >= 0.3 is 0 Å². The van der Waals surface area contributed by atoms with E-state index in [1.54, 1.807) is 49.6 Å². The third kappa shape index (κ3) is 14.8. The Kier molecular flexibility index (Phi) is 21.3. The average Bonchev–Trinajstić information content (AvgIpc) is 3.60. The quantitative estimate of drug-likeness (QED) is 0.0694. The summed E-state index contributed by atoms with van der Waals surface area (Å²) < 4.78 is 85.8. The van der Waals surface area contributed by atoms with Crippen LogP contribution in [0.2, 0.25) is 36.3 Å². The number of ether oxygens (including phenoxy) is 11. The Balaban J connectivity index is 1.91. The lowest BCUT2D eigenvalue weighted by molar-refractivity contribution is -0.390. The Bertz CT molecular complexity index is 1940. The van der Waals surface area contributed by atoms with Crippen molar-refractivity contribution < 1.29 is 61.0 Å². The maximum atomic E-state index is 7.60. The molecule has 4 rings (SSSR count). The molecule has 2 heterocycles. The first-order valence-corrected chi connectivity index (χ1v) is 30.5. The summed E-state index contributed by atoms with van der Waals surface area (Å²) in [7, 11) is 5.21. The van der Waals surface area contributed by atoms with E-state index in [2.05, 4.69) is 93.4 Å². The second kappa shape index (κ2) is 24.9. The Morgan fingerprint density at radius 1 is 0.754 bits per heavy atom. The van der Waals surface area contributed by atoms with Crippen LogP contribution in [0.3, 0.4) is 0 Å². The van der Waals surface area contributed by atoms with Crippen molar-refractivity contribution in [3.8, 4) is 29.1 Å². The molecule has 13 nitrogen and oxygen atoms in total. The van der Waals surface area contributed by atoms with Crippen LogP contribution in [0, 0.1) is 23.7 Å². The molecule has 2 aromatic rings. The van der Waals surface area contributed by atoms with Gasteiger partial charge in [0.25, 0.3) is 5.97 Å². The van der Waals surface area contributed by atoms with Gasteiger partial charge in [-0.1, -0.05) is 73.6 Å². The van der Waals surface area contributed by atoms with Crippen molar-refractivity contribution in [2.45, 2.75) is 199 Å². The zero-order valence-electron chi connectivity index (χ0n) is 46.0. The molecular weight excluding hydrogens is 913 g/mol. The standard InChI is InChI=1S/C54H90O13Si2/c1-21-22-23-24-44(65-68(17,18)51(4,5)6)47(59-15)33-48(62-35-40-27-30-43(57-13)46(31-40)58-14)50-54(67-53(10,60-16)64-50)38(3)49(66-69(19,20)52(7,8)9)37(2)45(63-54)32-42(36-55-11)61-34-39-25-28-41(56-12)29-26-39/h25-31,37-38,42,44-45,47-50H,23-24,32-36H2,1-20H3/t37-,38?,42+,44-,45+,47-,48-,49-,50-,53?,54-/m0/s1. The molecule has 0 saturated carbocycles. The van der Waals surface area contributed by atoms with E-state index in [0.717, 1.165) is 16.9 Å². The third-order valence-corrected chi connectivity index (χ3v) is 24.1. The van der Waals surface area contributed by atoms with Gasteiger partial charge in [-0.05, 0) is 85.0 Å². The fourth-order valence-corrected chi connectivity index (χ4v) is 11.6. The molecule has 2 aliphatic heterocycles. The van der Waals surface area contributed by atoms with Crippen LogP contribution in [0.25, 0.3) is 0 Å². The lowest BCUT2D eigenvalue weighted by Gasteiger charge is -2.55. The molecular formula is C54H90O13Si2. The number of benzene rings is 2. The van der Waals surface area contributed by atoms with Crippen molar-refractivity contribution in [1.29, 1.82) is 0 Å². The highest BCUT2D eigenvalue weighted by Crippen LogP contribution is 2.54. The molecule has 2 aromatic carbocycles. The molecule has 15 heteroatoms.